The first-order chi connectivity index (χ1) is 9.63. The largest absolute Gasteiger partial charge is 0.326 e. The Bertz CT molecular complexity index is 415. The molecule has 1 aliphatic rings. The van der Waals surface area contributed by atoms with Crippen LogP contribution >= 0.6 is 11.6 Å². The number of hydrogen-bond donors (Lipinski definition) is 1. The van der Waals surface area contributed by atoms with Gasteiger partial charge in [0.05, 0.1) is 6.04 Å². The van der Waals surface area contributed by atoms with Gasteiger partial charge in [0, 0.05) is 17.6 Å². The Hall–Kier alpha value is -0.570. The first-order valence-electron chi connectivity index (χ1n) is 7.83. The van der Waals surface area contributed by atoms with Crippen LogP contribution in [0.15, 0.2) is 24.3 Å². The molecule has 0 bridgehead atoms. The molecule has 2 atom stereocenters. The zero-order valence-electron chi connectivity index (χ0n) is 12.7. The minimum atomic E-state index is 0.126. The molecule has 1 aromatic rings. The summed E-state index contributed by atoms with van der Waals surface area (Å²) >= 11 is 6.40. The summed E-state index contributed by atoms with van der Waals surface area (Å²) in [7, 11) is 2.20. The van der Waals surface area contributed by atoms with E-state index in [1.165, 1.54) is 31.2 Å². The highest BCUT2D eigenvalue weighted by Crippen LogP contribution is 2.32. The van der Waals surface area contributed by atoms with E-state index >= 15 is 0 Å². The summed E-state index contributed by atoms with van der Waals surface area (Å²) in [5, 5.41) is 0.833. The van der Waals surface area contributed by atoms with Crippen molar-refractivity contribution in [3.8, 4) is 0 Å². The highest BCUT2D eigenvalue weighted by molar-refractivity contribution is 6.31. The van der Waals surface area contributed by atoms with Crippen molar-refractivity contribution in [1.82, 2.24) is 4.90 Å². The summed E-state index contributed by atoms with van der Waals surface area (Å²) in [6.45, 7) is 3.28. The van der Waals surface area contributed by atoms with Gasteiger partial charge >= 0.3 is 0 Å². The molecule has 1 saturated carbocycles. The predicted octanol–water partition coefficient (Wildman–Crippen LogP) is 4.24. The Morgan fingerprint density at radius 2 is 1.95 bits per heavy atom. The monoisotopic (exact) mass is 294 g/mol. The van der Waals surface area contributed by atoms with Gasteiger partial charge in [0.2, 0.25) is 0 Å². The third kappa shape index (κ3) is 3.75. The van der Waals surface area contributed by atoms with Gasteiger partial charge in [-0.2, -0.15) is 0 Å². The molecule has 0 amide bonds. The zero-order valence-corrected chi connectivity index (χ0v) is 13.4. The topological polar surface area (TPSA) is 29.3 Å². The molecule has 2 rings (SSSR count). The fourth-order valence-electron chi connectivity index (χ4n) is 3.45. The molecule has 0 aromatic heterocycles. The second-order valence-electron chi connectivity index (χ2n) is 6.13. The maximum atomic E-state index is 6.40. The fourth-order valence-corrected chi connectivity index (χ4v) is 3.69. The summed E-state index contributed by atoms with van der Waals surface area (Å²) in [6, 6.07) is 8.47. The van der Waals surface area contributed by atoms with Crippen LogP contribution in [0.1, 0.15) is 50.6 Å². The Kier molecular flexibility index (Phi) is 5.88. The molecule has 1 aliphatic carbocycles. The van der Waals surface area contributed by atoms with E-state index in [4.69, 9.17) is 17.3 Å². The molecule has 1 fully saturated rings. The Morgan fingerprint density at radius 1 is 1.30 bits per heavy atom. The Balaban J connectivity index is 2.16. The molecule has 1 aromatic carbocycles. The van der Waals surface area contributed by atoms with E-state index in [0.717, 1.165) is 23.9 Å². The SMILES string of the molecule is CCC(N)C(c1ccccc1Cl)N(C)CC1CCCC1. The van der Waals surface area contributed by atoms with Gasteiger partial charge in [0.25, 0.3) is 0 Å². The highest BCUT2D eigenvalue weighted by atomic mass is 35.5. The number of halogens is 1. The number of likely N-dealkylation sites (N-methyl/N-ethyl adjacent to an activating group) is 1. The van der Waals surface area contributed by atoms with Crippen molar-refractivity contribution in [2.45, 2.75) is 51.1 Å². The maximum Gasteiger partial charge on any atom is 0.0511 e. The standard InChI is InChI=1S/C17H27ClN2/c1-3-16(19)17(14-10-6-7-11-15(14)18)20(2)12-13-8-4-5-9-13/h6-7,10-11,13,16-17H,3-5,8-9,12,19H2,1-2H3. The van der Waals surface area contributed by atoms with Crippen molar-refractivity contribution in [3.63, 3.8) is 0 Å². The lowest BCUT2D eigenvalue weighted by Gasteiger charge is -2.35. The van der Waals surface area contributed by atoms with E-state index in [-0.39, 0.29) is 12.1 Å². The molecule has 2 nitrogen and oxygen atoms in total. The third-order valence-corrected chi connectivity index (χ3v) is 4.94. The van der Waals surface area contributed by atoms with Crippen LogP contribution < -0.4 is 5.73 Å². The minimum absolute atomic E-state index is 0.126. The van der Waals surface area contributed by atoms with Crippen LogP contribution in [0.2, 0.25) is 5.02 Å². The van der Waals surface area contributed by atoms with Crippen molar-refractivity contribution in [2.24, 2.45) is 11.7 Å². The Labute approximate surface area is 128 Å². The average molecular weight is 295 g/mol. The molecule has 0 radical (unpaired) electrons. The van der Waals surface area contributed by atoms with E-state index in [2.05, 4.69) is 31.0 Å². The van der Waals surface area contributed by atoms with E-state index in [1.807, 2.05) is 12.1 Å². The summed E-state index contributed by atoms with van der Waals surface area (Å²) < 4.78 is 0. The van der Waals surface area contributed by atoms with Crippen LogP contribution in [0.3, 0.4) is 0 Å². The lowest BCUT2D eigenvalue weighted by molar-refractivity contribution is 0.180. The molecule has 0 saturated heterocycles. The van der Waals surface area contributed by atoms with E-state index in [1.54, 1.807) is 0 Å². The summed E-state index contributed by atoms with van der Waals surface area (Å²) in [4.78, 5) is 2.42. The van der Waals surface area contributed by atoms with E-state index in [0.29, 0.717) is 0 Å². The minimum Gasteiger partial charge on any atom is -0.326 e. The summed E-state index contributed by atoms with van der Waals surface area (Å²) in [5.41, 5.74) is 7.56. The lowest BCUT2D eigenvalue weighted by atomic mass is 9.95. The Morgan fingerprint density at radius 3 is 2.55 bits per heavy atom. The first kappa shape index (κ1) is 15.8. The highest BCUT2D eigenvalue weighted by Gasteiger charge is 2.27. The van der Waals surface area contributed by atoms with Crippen molar-refractivity contribution < 1.29 is 0 Å². The average Bonchev–Trinajstić information content (AvgIpc) is 2.93. The second-order valence-corrected chi connectivity index (χ2v) is 6.54. The van der Waals surface area contributed by atoms with Gasteiger partial charge in [-0.05, 0) is 43.9 Å². The fraction of sp³-hybridized carbons (Fsp3) is 0.647. The van der Waals surface area contributed by atoms with Gasteiger partial charge in [-0.25, -0.2) is 0 Å². The van der Waals surface area contributed by atoms with Crippen molar-refractivity contribution >= 4 is 11.6 Å². The van der Waals surface area contributed by atoms with Crippen LogP contribution in [0.25, 0.3) is 0 Å². The van der Waals surface area contributed by atoms with Crippen LogP contribution in [0, 0.1) is 5.92 Å². The number of hydrogen-bond acceptors (Lipinski definition) is 2. The van der Waals surface area contributed by atoms with Gasteiger partial charge in [0.1, 0.15) is 0 Å². The van der Waals surface area contributed by atoms with E-state index < -0.39 is 0 Å². The molecular weight excluding hydrogens is 268 g/mol. The van der Waals surface area contributed by atoms with Crippen LogP contribution in [-0.2, 0) is 0 Å². The number of nitrogens with two attached hydrogens (primary N) is 1. The van der Waals surface area contributed by atoms with Gasteiger partial charge < -0.3 is 5.73 Å². The van der Waals surface area contributed by atoms with Crippen molar-refractivity contribution in [2.75, 3.05) is 13.6 Å². The molecule has 0 spiro atoms. The smallest absolute Gasteiger partial charge is 0.0511 e. The number of benzene rings is 1. The van der Waals surface area contributed by atoms with E-state index in [9.17, 15) is 0 Å². The van der Waals surface area contributed by atoms with Gasteiger partial charge in [0.15, 0.2) is 0 Å². The summed E-state index contributed by atoms with van der Waals surface area (Å²) in [6.07, 6.45) is 6.46. The summed E-state index contributed by atoms with van der Waals surface area (Å²) in [5.74, 6) is 0.828. The molecule has 2 N–H and O–H groups in total. The molecule has 2 unspecified atom stereocenters. The first-order valence-corrected chi connectivity index (χ1v) is 8.21. The van der Waals surface area contributed by atoms with Crippen molar-refractivity contribution in [1.29, 1.82) is 0 Å². The molecular formula is C17H27ClN2. The van der Waals surface area contributed by atoms with Gasteiger partial charge in [-0.15, -0.1) is 0 Å². The van der Waals surface area contributed by atoms with Crippen LogP contribution in [0.5, 0.6) is 0 Å². The second kappa shape index (κ2) is 7.44. The lowest BCUT2D eigenvalue weighted by Crippen LogP contribution is -2.40. The number of rotatable bonds is 6. The molecule has 3 heteroatoms. The van der Waals surface area contributed by atoms with Crippen LogP contribution in [-0.4, -0.2) is 24.5 Å². The van der Waals surface area contributed by atoms with Gasteiger partial charge in [-0.1, -0.05) is 49.6 Å². The predicted molar refractivity (Wildman–Crippen MR) is 87.0 cm³/mol. The molecule has 0 heterocycles. The van der Waals surface area contributed by atoms with Crippen molar-refractivity contribution in [3.05, 3.63) is 34.9 Å². The zero-order chi connectivity index (χ0) is 14.5. The molecule has 20 heavy (non-hydrogen) atoms. The van der Waals surface area contributed by atoms with Crippen LogP contribution in [0.4, 0.5) is 0 Å². The normalized spacial score (nSPS) is 19.4. The quantitative estimate of drug-likeness (QED) is 0.850. The maximum absolute atomic E-state index is 6.40. The molecule has 112 valence electrons. The number of nitrogens with zero attached hydrogens (tertiary/aromatic N) is 1. The molecule has 0 aliphatic heterocycles. The third-order valence-electron chi connectivity index (χ3n) is 4.60. The van der Waals surface area contributed by atoms with Gasteiger partial charge in [-0.3, -0.25) is 4.90 Å².